The van der Waals surface area contributed by atoms with Crippen LogP contribution in [0.2, 0.25) is 0 Å². The summed E-state index contributed by atoms with van der Waals surface area (Å²) in [5.41, 5.74) is 14.0. The van der Waals surface area contributed by atoms with Gasteiger partial charge < -0.3 is 26.4 Å². The normalized spacial score (nSPS) is 20.0. The Balaban J connectivity index is 0.000000715. The molecule has 1 fully saturated rings. The number of amidine groups is 1. The van der Waals surface area contributed by atoms with E-state index in [4.69, 9.17) is 16.2 Å². The molecule has 4 unspecified atom stereocenters. The molecule has 1 aliphatic carbocycles. The molecule has 2 aliphatic heterocycles. The summed E-state index contributed by atoms with van der Waals surface area (Å²) >= 11 is 0. The Hall–Kier alpha value is -3.50. The molecule has 0 bridgehead atoms. The first-order chi connectivity index (χ1) is 19.8. The maximum absolute atomic E-state index is 13.3. The van der Waals surface area contributed by atoms with E-state index in [1.807, 2.05) is 11.8 Å². The molecule has 0 aromatic heterocycles. The summed E-state index contributed by atoms with van der Waals surface area (Å²) in [6, 6.07) is 4.93. The molecule has 1 aromatic carbocycles. The largest absolute Gasteiger partial charge is 0.493 e. The van der Waals surface area contributed by atoms with Gasteiger partial charge in [-0.25, -0.2) is 4.99 Å². The number of ketones is 1. The smallest absolute Gasteiger partial charge is 0.391 e. The molecule has 4 atom stereocenters. The van der Waals surface area contributed by atoms with Crippen molar-refractivity contribution in [3.8, 4) is 5.75 Å². The average Bonchev–Trinajstić information content (AvgIpc) is 3.72. The number of rotatable bonds is 12. The lowest BCUT2D eigenvalue weighted by Gasteiger charge is -2.35. The highest BCUT2D eigenvalue weighted by Crippen LogP contribution is 2.40. The lowest BCUT2D eigenvalue weighted by molar-refractivity contribution is -0.172. The molecular weight excluding hydrogens is 547 g/mol. The Bertz CT molecular complexity index is 1220. The minimum Gasteiger partial charge on any atom is -0.493 e. The Labute approximate surface area is 246 Å². The number of hydrogen-bond donors (Lipinski definition) is 3. The highest BCUT2D eigenvalue weighted by atomic mass is 19.4. The van der Waals surface area contributed by atoms with Crippen LogP contribution in [-0.4, -0.2) is 41.4 Å². The Morgan fingerprint density at radius 2 is 1.88 bits per heavy atom. The molecule has 8 nitrogen and oxygen atoms in total. The number of aliphatic imine (C=N–C) groups is 1. The number of fused-ring (bicyclic) bond motifs is 1. The van der Waals surface area contributed by atoms with E-state index in [1.165, 1.54) is 6.92 Å². The van der Waals surface area contributed by atoms with Gasteiger partial charge in [0.15, 0.2) is 0 Å². The topological polar surface area (TPSA) is 123 Å². The highest BCUT2D eigenvalue weighted by molar-refractivity contribution is 6.05. The van der Waals surface area contributed by atoms with Gasteiger partial charge in [0.1, 0.15) is 29.2 Å². The monoisotopic (exact) mass is 591 g/mol. The fourth-order valence-corrected chi connectivity index (χ4v) is 5.14. The van der Waals surface area contributed by atoms with E-state index in [0.29, 0.717) is 58.9 Å². The number of primary amides is 1. The minimum absolute atomic E-state index is 0.0338. The molecule has 1 saturated carbocycles. The van der Waals surface area contributed by atoms with E-state index in [-0.39, 0.29) is 24.3 Å². The number of alkyl halides is 3. The molecule has 42 heavy (non-hydrogen) atoms. The van der Waals surface area contributed by atoms with Crippen LogP contribution in [0.25, 0.3) is 5.70 Å². The second kappa shape index (κ2) is 14.1. The molecular formula is C31H44F3N5O3. The van der Waals surface area contributed by atoms with E-state index in [9.17, 15) is 22.8 Å². The number of halogens is 3. The van der Waals surface area contributed by atoms with Crippen molar-refractivity contribution in [1.82, 2.24) is 10.2 Å². The van der Waals surface area contributed by atoms with E-state index in [2.05, 4.69) is 24.2 Å². The number of ether oxygens (including phenoxy) is 1. The van der Waals surface area contributed by atoms with Crippen LogP contribution in [0.5, 0.6) is 5.75 Å². The summed E-state index contributed by atoms with van der Waals surface area (Å²) < 4.78 is 45.7. The van der Waals surface area contributed by atoms with Gasteiger partial charge in [0, 0.05) is 29.4 Å². The zero-order valence-corrected chi connectivity index (χ0v) is 25.1. The molecule has 3 aliphatic rings. The van der Waals surface area contributed by atoms with Crippen LogP contribution in [0.3, 0.4) is 0 Å². The fraction of sp³-hybridized carbons (Fsp3) is 0.581. The molecule has 232 valence electrons. The first kappa shape index (κ1) is 33.0. The first-order valence-corrected chi connectivity index (χ1v) is 14.7. The van der Waals surface area contributed by atoms with Crippen molar-refractivity contribution in [2.45, 2.75) is 85.5 Å². The van der Waals surface area contributed by atoms with Gasteiger partial charge in [-0.15, -0.1) is 0 Å². The predicted molar refractivity (Wildman–Crippen MR) is 158 cm³/mol. The molecule has 2 heterocycles. The van der Waals surface area contributed by atoms with Gasteiger partial charge in [-0.3, -0.25) is 9.59 Å². The van der Waals surface area contributed by atoms with Crippen LogP contribution in [0, 0.1) is 23.7 Å². The van der Waals surface area contributed by atoms with Crippen molar-refractivity contribution < 1.29 is 27.5 Å². The van der Waals surface area contributed by atoms with Gasteiger partial charge in [-0.1, -0.05) is 27.2 Å². The van der Waals surface area contributed by atoms with E-state index in [0.717, 1.165) is 25.7 Å². The van der Waals surface area contributed by atoms with E-state index < -0.39 is 18.0 Å². The maximum Gasteiger partial charge on any atom is 0.391 e. The summed E-state index contributed by atoms with van der Waals surface area (Å²) in [7, 11) is 0. The number of nitrogens with one attached hydrogen (secondary N) is 1. The standard InChI is InChI=1S/C26H36F3N5O2.C5H8O/c1-5-15(3)13-18(8-7-16(4)26(27,28)29)25-33-21(22-23(30)32-11-12-34(22)25)19-10-9-17(24(31)35)14-20(19)36-6-2;1-4(6)5-2-3-5/h9-12,14-16,18,25,33H,5-8,13H2,1-4H3,(H2,30,32)(H2,31,35);5H,2-3H2,1H3. The highest BCUT2D eigenvalue weighted by Gasteiger charge is 2.41. The van der Waals surface area contributed by atoms with E-state index >= 15 is 0 Å². The van der Waals surface area contributed by atoms with Crippen molar-refractivity contribution in [1.29, 1.82) is 0 Å². The lowest BCUT2D eigenvalue weighted by Crippen LogP contribution is -2.43. The van der Waals surface area contributed by atoms with Crippen molar-refractivity contribution in [3.05, 3.63) is 47.4 Å². The lowest BCUT2D eigenvalue weighted by atomic mass is 9.85. The molecule has 11 heteroatoms. The summed E-state index contributed by atoms with van der Waals surface area (Å²) in [4.78, 5) is 28.2. The van der Waals surface area contributed by atoms with E-state index in [1.54, 1.807) is 37.5 Å². The number of nitrogens with two attached hydrogens (primary N) is 2. The van der Waals surface area contributed by atoms with Crippen LogP contribution >= 0.6 is 0 Å². The second-order valence-corrected chi connectivity index (χ2v) is 11.5. The summed E-state index contributed by atoms with van der Waals surface area (Å²) in [5.74, 6) is -0.147. The minimum atomic E-state index is -4.23. The van der Waals surface area contributed by atoms with Gasteiger partial charge in [-0.2, -0.15) is 13.2 Å². The number of nitrogens with zero attached hydrogens (tertiary/aromatic N) is 2. The van der Waals surface area contributed by atoms with Gasteiger partial charge in [0.2, 0.25) is 5.91 Å². The first-order valence-electron chi connectivity index (χ1n) is 14.7. The third-order valence-electron chi connectivity index (χ3n) is 8.14. The predicted octanol–water partition coefficient (Wildman–Crippen LogP) is 5.94. The van der Waals surface area contributed by atoms with Crippen molar-refractivity contribution in [3.63, 3.8) is 0 Å². The van der Waals surface area contributed by atoms with Gasteiger partial charge >= 0.3 is 6.18 Å². The van der Waals surface area contributed by atoms with Gasteiger partial charge in [-0.05, 0) is 76.0 Å². The molecule has 0 radical (unpaired) electrons. The van der Waals surface area contributed by atoms with Crippen molar-refractivity contribution in [2.75, 3.05) is 6.61 Å². The number of carbonyl (C=O) groups excluding carboxylic acids is 2. The van der Waals surface area contributed by atoms with Crippen LogP contribution in [0.15, 0.2) is 41.3 Å². The molecule has 1 amide bonds. The third-order valence-corrected chi connectivity index (χ3v) is 8.14. The Morgan fingerprint density at radius 3 is 2.40 bits per heavy atom. The zero-order valence-electron chi connectivity index (χ0n) is 25.1. The molecule has 4 rings (SSSR count). The second-order valence-electron chi connectivity index (χ2n) is 11.5. The SMILES string of the molecule is CC(=O)C1CC1.CCOc1cc(C(N)=O)ccc1C1=C2C(N)=NC=CN2C(C(CCC(C)C(F)(F)F)CC(C)CC)N1. The average molecular weight is 592 g/mol. The number of Topliss-reactive ketones (excluding diaryl/α,β-unsaturated/α-hetero) is 1. The molecule has 0 spiro atoms. The number of amides is 1. The Morgan fingerprint density at radius 1 is 1.19 bits per heavy atom. The quantitative estimate of drug-likeness (QED) is 0.276. The number of carbonyl (C=O) groups is 2. The van der Waals surface area contributed by atoms with Gasteiger partial charge in [0.05, 0.1) is 18.2 Å². The van der Waals surface area contributed by atoms with Crippen molar-refractivity contribution in [2.24, 2.45) is 40.1 Å². The maximum atomic E-state index is 13.3. The summed E-state index contributed by atoms with van der Waals surface area (Å²) in [6.07, 6.45) is 3.24. The van der Waals surface area contributed by atoms with Crippen LogP contribution in [-0.2, 0) is 4.79 Å². The van der Waals surface area contributed by atoms with Gasteiger partial charge in [0.25, 0.3) is 0 Å². The number of benzene rings is 1. The molecule has 0 saturated heterocycles. The summed E-state index contributed by atoms with van der Waals surface area (Å²) in [6.45, 7) is 9.29. The zero-order chi connectivity index (χ0) is 31.2. The van der Waals surface area contributed by atoms with Crippen molar-refractivity contribution >= 4 is 23.2 Å². The number of hydrogen-bond acceptors (Lipinski definition) is 7. The summed E-state index contributed by atoms with van der Waals surface area (Å²) in [5, 5.41) is 3.54. The fourth-order valence-electron chi connectivity index (χ4n) is 5.14. The third kappa shape index (κ3) is 8.29. The Kier molecular flexibility index (Phi) is 11.1. The van der Waals surface area contributed by atoms with Crippen LogP contribution in [0.4, 0.5) is 13.2 Å². The molecule has 5 N–H and O–H groups in total. The van der Waals surface area contributed by atoms with Crippen LogP contribution < -0.4 is 21.5 Å². The van der Waals surface area contributed by atoms with Crippen LogP contribution in [0.1, 0.15) is 89.1 Å². The molecule has 1 aromatic rings.